The van der Waals surface area contributed by atoms with Crippen LogP contribution in [0.2, 0.25) is 0 Å². The molecule has 27 heavy (non-hydrogen) atoms. The highest BCUT2D eigenvalue weighted by Gasteiger charge is 2.37. The zero-order chi connectivity index (χ0) is 19.4. The molecular formula is C21H33N3O3. The maximum atomic E-state index is 12.9. The fourth-order valence-electron chi connectivity index (χ4n) is 4.33. The molecule has 6 nitrogen and oxygen atoms in total. The van der Waals surface area contributed by atoms with Gasteiger partial charge in [0.25, 0.3) is 5.91 Å². The van der Waals surface area contributed by atoms with E-state index < -0.39 is 0 Å². The van der Waals surface area contributed by atoms with Gasteiger partial charge in [-0.25, -0.2) is 0 Å². The van der Waals surface area contributed by atoms with Crippen molar-refractivity contribution in [3.63, 3.8) is 0 Å². The lowest BCUT2D eigenvalue weighted by Gasteiger charge is -2.31. The van der Waals surface area contributed by atoms with Crippen LogP contribution >= 0.6 is 0 Å². The molecule has 0 unspecified atom stereocenters. The number of amides is 1. The normalized spacial score (nSPS) is 24.3. The minimum absolute atomic E-state index is 0.0118. The maximum Gasteiger partial charge on any atom is 0.251 e. The van der Waals surface area contributed by atoms with Crippen LogP contribution in [0.3, 0.4) is 0 Å². The van der Waals surface area contributed by atoms with Gasteiger partial charge in [0.1, 0.15) is 5.75 Å². The van der Waals surface area contributed by atoms with Gasteiger partial charge >= 0.3 is 0 Å². The van der Waals surface area contributed by atoms with Gasteiger partial charge in [-0.1, -0.05) is 0 Å². The summed E-state index contributed by atoms with van der Waals surface area (Å²) in [5.74, 6) is 1.23. The summed E-state index contributed by atoms with van der Waals surface area (Å²) in [6.45, 7) is 6.59. The molecule has 0 radical (unpaired) electrons. The minimum Gasteiger partial charge on any atom is -0.497 e. The predicted octanol–water partition coefficient (Wildman–Crippen LogP) is 1.77. The summed E-state index contributed by atoms with van der Waals surface area (Å²) in [5.41, 5.74) is 1.67. The Balaban J connectivity index is 1.69. The summed E-state index contributed by atoms with van der Waals surface area (Å²) >= 11 is 0. The van der Waals surface area contributed by atoms with Crippen molar-refractivity contribution in [3.05, 3.63) is 29.3 Å². The molecule has 0 saturated carbocycles. The van der Waals surface area contributed by atoms with Crippen LogP contribution < -0.4 is 10.1 Å². The van der Waals surface area contributed by atoms with E-state index in [1.165, 1.54) is 0 Å². The van der Waals surface area contributed by atoms with Gasteiger partial charge < -0.3 is 19.7 Å². The minimum atomic E-state index is 0.0118. The zero-order valence-corrected chi connectivity index (χ0v) is 17.0. The number of likely N-dealkylation sites (tertiary alicyclic amines) is 1. The van der Waals surface area contributed by atoms with Crippen molar-refractivity contribution in [3.8, 4) is 5.75 Å². The van der Waals surface area contributed by atoms with Crippen molar-refractivity contribution < 1.29 is 14.3 Å². The van der Waals surface area contributed by atoms with Gasteiger partial charge in [0.2, 0.25) is 0 Å². The summed E-state index contributed by atoms with van der Waals surface area (Å²) < 4.78 is 10.8. The van der Waals surface area contributed by atoms with Gasteiger partial charge in [0.15, 0.2) is 0 Å². The molecule has 2 heterocycles. The highest BCUT2D eigenvalue weighted by Crippen LogP contribution is 2.25. The quantitative estimate of drug-likeness (QED) is 0.821. The van der Waals surface area contributed by atoms with E-state index in [1.54, 1.807) is 7.11 Å². The molecular weight excluding hydrogens is 342 g/mol. The topological polar surface area (TPSA) is 54.0 Å². The number of carbonyl (C=O) groups excluding carboxylic acids is 1. The predicted molar refractivity (Wildman–Crippen MR) is 106 cm³/mol. The molecule has 0 aromatic heterocycles. The van der Waals surface area contributed by atoms with Gasteiger partial charge in [-0.3, -0.25) is 9.69 Å². The summed E-state index contributed by atoms with van der Waals surface area (Å²) in [5, 5.41) is 3.32. The third-order valence-electron chi connectivity index (χ3n) is 5.77. The van der Waals surface area contributed by atoms with Gasteiger partial charge in [-0.15, -0.1) is 0 Å². The molecule has 2 fully saturated rings. The fraction of sp³-hybridized carbons (Fsp3) is 0.667. The number of hydrogen-bond donors (Lipinski definition) is 1. The van der Waals surface area contributed by atoms with Gasteiger partial charge in [0.05, 0.1) is 7.11 Å². The van der Waals surface area contributed by atoms with Gasteiger partial charge in [-0.2, -0.15) is 0 Å². The van der Waals surface area contributed by atoms with E-state index in [1.807, 2.05) is 25.1 Å². The first-order chi connectivity index (χ1) is 13.0. The van der Waals surface area contributed by atoms with E-state index in [-0.39, 0.29) is 11.9 Å². The molecule has 0 spiro atoms. The molecule has 1 aromatic rings. The molecule has 1 amide bonds. The van der Waals surface area contributed by atoms with Crippen LogP contribution in [0.4, 0.5) is 0 Å². The first-order valence-electron chi connectivity index (χ1n) is 9.90. The molecule has 6 heteroatoms. The lowest BCUT2D eigenvalue weighted by atomic mass is 10.0. The van der Waals surface area contributed by atoms with Crippen LogP contribution in [0.1, 0.15) is 28.8 Å². The monoisotopic (exact) mass is 375 g/mol. The Morgan fingerprint density at radius 2 is 2.04 bits per heavy atom. The van der Waals surface area contributed by atoms with Crippen molar-refractivity contribution in [2.24, 2.45) is 5.92 Å². The second kappa shape index (κ2) is 9.04. The van der Waals surface area contributed by atoms with Gasteiger partial charge in [-0.05, 0) is 57.6 Å². The fourth-order valence-corrected chi connectivity index (χ4v) is 4.33. The van der Waals surface area contributed by atoms with Crippen LogP contribution in [-0.4, -0.2) is 81.8 Å². The Hall–Kier alpha value is -1.63. The molecule has 2 aliphatic rings. The average Bonchev–Trinajstić information content (AvgIpc) is 3.03. The Labute approximate surface area is 162 Å². The number of aryl methyl sites for hydroxylation is 1. The van der Waals surface area contributed by atoms with Gasteiger partial charge in [0, 0.05) is 56.4 Å². The third-order valence-corrected chi connectivity index (χ3v) is 5.77. The molecule has 0 bridgehead atoms. The molecule has 0 aliphatic carbocycles. The molecule has 2 aliphatic heterocycles. The second-order valence-electron chi connectivity index (χ2n) is 8.08. The van der Waals surface area contributed by atoms with Crippen LogP contribution in [-0.2, 0) is 4.74 Å². The van der Waals surface area contributed by atoms with Crippen LogP contribution in [0, 0.1) is 12.8 Å². The summed E-state index contributed by atoms with van der Waals surface area (Å²) in [6, 6.07) is 6.37. The highest BCUT2D eigenvalue weighted by atomic mass is 16.5. The Morgan fingerprint density at radius 3 is 2.67 bits per heavy atom. The van der Waals surface area contributed by atoms with Crippen LogP contribution in [0.15, 0.2) is 18.2 Å². The Kier molecular flexibility index (Phi) is 6.73. The smallest absolute Gasteiger partial charge is 0.251 e. The SMILES string of the molecule is COc1ccc(C(=O)N[C@@H]2CN(C3CCOCC3)C[C@H]2CN(C)C)c(C)c1. The number of carbonyl (C=O) groups is 1. The first kappa shape index (κ1) is 20.1. The van der Waals surface area contributed by atoms with Crippen molar-refractivity contribution in [2.45, 2.75) is 31.8 Å². The molecule has 2 saturated heterocycles. The zero-order valence-electron chi connectivity index (χ0n) is 17.0. The van der Waals surface area contributed by atoms with E-state index >= 15 is 0 Å². The molecule has 1 N–H and O–H groups in total. The number of hydrogen-bond acceptors (Lipinski definition) is 5. The lowest BCUT2D eigenvalue weighted by Crippen LogP contribution is -2.44. The Morgan fingerprint density at radius 1 is 1.30 bits per heavy atom. The molecule has 3 rings (SSSR count). The van der Waals surface area contributed by atoms with Crippen LogP contribution in [0.5, 0.6) is 5.75 Å². The second-order valence-corrected chi connectivity index (χ2v) is 8.08. The van der Waals surface area contributed by atoms with E-state index in [9.17, 15) is 4.79 Å². The van der Waals surface area contributed by atoms with Crippen LogP contribution in [0.25, 0.3) is 0 Å². The van der Waals surface area contributed by atoms with E-state index in [0.29, 0.717) is 12.0 Å². The largest absolute Gasteiger partial charge is 0.497 e. The van der Waals surface area contributed by atoms with E-state index in [2.05, 4.69) is 29.2 Å². The molecule has 2 atom stereocenters. The van der Waals surface area contributed by atoms with E-state index in [0.717, 1.165) is 62.6 Å². The Bertz CT molecular complexity index is 644. The van der Waals surface area contributed by atoms with Crippen molar-refractivity contribution in [1.29, 1.82) is 0 Å². The highest BCUT2D eigenvalue weighted by molar-refractivity contribution is 5.96. The summed E-state index contributed by atoms with van der Waals surface area (Å²) in [4.78, 5) is 17.7. The number of methoxy groups -OCH3 is 1. The molecule has 150 valence electrons. The average molecular weight is 376 g/mol. The number of ether oxygens (including phenoxy) is 2. The van der Waals surface area contributed by atoms with Crippen molar-refractivity contribution in [2.75, 3.05) is 54.1 Å². The van der Waals surface area contributed by atoms with E-state index in [4.69, 9.17) is 9.47 Å². The summed E-state index contributed by atoms with van der Waals surface area (Å²) in [6.07, 6.45) is 2.18. The number of nitrogens with zero attached hydrogens (tertiary/aromatic N) is 2. The first-order valence-corrected chi connectivity index (χ1v) is 9.90. The van der Waals surface area contributed by atoms with Crippen molar-refractivity contribution in [1.82, 2.24) is 15.1 Å². The standard InChI is InChI=1S/C21H33N3O3/c1-15-11-18(26-4)5-6-19(15)21(25)22-20-14-24(13-16(20)12-23(2)3)17-7-9-27-10-8-17/h5-6,11,16-17,20H,7-10,12-14H2,1-4H3,(H,22,25)/t16-,20-/m1/s1. The third kappa shape index (κ3) is 5.00. The summed E-state index contributed by atoms with van der Waals surface area (Å²) in [7, 11) is 5.84. The van der Waals surface area contributed by atoms with Crippen molar-refractivity contribution >= 4 is 5.91 Å². The number of nitrogens with one attached hydrogen (secondary N) is 1. The number of rotatable bonds is 6. The maximum absolute atomic E-state index is 12.9. The molecule has 1 aromatic carbocycles. The number of benzene rings is 1. The lowest BCUT2D eigenvalue weighted by molar-refractivity contribution is 0.0403.